The Morgan fingerprint density at radius 2 is 2.00 bits per heavy atom. The Morgan fingerprint density at radius 3 is 2.53 bits per heavy atom. The Bertz CT molecular complexity index is 467. The maximum Gasteiger partial charge on any atom is 0.180 e. The fraction of sp³-hybridized carbons (Fsp3) is 0.100. The first-order valence-electron chi connectivity index (χ1n) is 4.39. The first kappa shape index (κ1) is 9.39. The van der Waals surface area contributed by atoms with E-state index < -0.39 is 0 Å². The lowest BCUT2D eigenvalue weighted by atomic mass is 10.2. The van der Waals surface area contributed by atoms with Crippen molar-refractivity contribution in [2.75, 3.05) is 0 Å². The molecular formula is C10H8N4O. The molecule has 0 spiro atoms. The molecule has 0 radical (unpaired) electrons. The highest BCUT2D eigenvalue weighted by atomic mass is 16.1. The standard InChI is InChI=1S/C10H8N4O/c1-7(15)9-2-3-10(14-13-9)8-4-5-11-12-6-8/h2-6H,1H3. The molecule has 0 aliphatic carbocycles. The Morgan fingerprint density at radius 1 is 1.13 bits per heavy atom. The molecule has 0 saturated heterocycles. The van der Waals surface area contributed by atoms with Gasteiger partial charge in [0, 0.05) is 12.5 Å². The van der Waals surface area contributed by atoms with Gasteiger partial charge in [0.25, 0.3) is 0 Å². The van der Waals surface area contributed by atoms with Gasteiger partial charge < -0.3 is 0 Å². The van der Waals surface area contributed by atoms with Gasteiger partial charge in [0.1, 0.15) is 5.69 Å². The summed E-state index contributed by atoms with van der Waals surface area (Å²) in [5.41, 5.74) is 1.86. The van der Waals surface area contributed by atoms with Crippen LogP contribution in [0, 0.1) is 0 Å². The van der Waals surface area contributed by atoms with Crippen LogP contribution in [0.1, 0.15) is 17.4 Å². The van der Waals surface area contributed by atoms with Crippen molar-refractivity contribution in [1.82, 2.24) is 20.4 Å². The van der Waals surface area contributed by atoms with Crippen LogP contribution in [-0.2, 0) is 0 Å². The van der Waals surface area contributed by atoms with E-state index in [1.165, 1.54) is 6.92 Å². The van der Waals surface area contributed by atoms with Crippen LogP contribution in [0.4, 0.5) is 0 Å². The molecule has 0 saturated carbocycles. The molecule has 0 amide bonds. The van der Waals surface area contributed by atoms with E-state index in [1.807, 2.05) is 0 Å². The van der Waals surface area contributed by atoms with E-state index in [2.05, 4.69) is 20.4 Å². The van der Waals surface area contributed by atoms with Gasteiger partial charge in [0.15, 0.2) is 5.78 Å². The van der Waals surface area contributed by atoms with Crippen LogP contribution >= 0.6 is 0 Å². The molecule has 15 heavy (non-hydrogen) atoms. The number of carbonyl (C=O) groups is 1. The van der Waals surface area contributed by atoms with E-state index in [1.54, 1.807) is 30.6 Å². The van der Waals surface area contributed by atoms with Gasteiger partial charge in [-0.25, -0.2) is 0 Å². The third-order valence-electron chi connectivity index (χ3n) is 1.91. The molecular weight excluding hydrogens is 192 g/mol. The van der Waals surface area contributed by atoms with E-state index in [9.17, 15) is 4.79 Å². The summed E-state index contributed by atoms with van der Waals surface area (Å²) in [6.45, 7) is 1.46. The number of aromatic nitrogens is 4. The van der Waals surface area contributed by atoms with Crippen molar-refractivity contribution in [3.8, 4) is 11.3 Å². The molecule has 2 aromatic heterocycles. The van der Waals surface area contributed by atoms with E-state index in [-0.39, 0.29) is 5.78 Å². The van der Waals surface area contributed by atoms with Crippen LogP contribution in [-0.4, -0.2) is 26.2 Å². The lowest BCUT2D eigenvalue weighted by molar-refractivity contribution is 0.101. The van der Waals surface area contributed by atoms with Crippen LogP contribution in [0.5, 0.6) is 0 Å². The van der Waals surface area contributed by atoms with Crippen molar-refractivity contribution in [1.29, 1.82) is 0 Å². The topological polar surface area (TPSA) is 68.6 Å². The lowest BCUT2D eigenvalue weighted by Gasteiger charge is -1.98. The quantitative estimate of drug-likeness (QED) is 0.680. The maximum atomic E-state index is 11.0. The van der Waals surface area contributed by atoms with Crippen LogP contribution in [0.3, 0.4) is 0 Å². The van der Waals surface area contributed by atoms with Gasteiger partial charge in [0.05, 0.1) is 18.1 Å². The van der Waals surface area contributed by atoms with Gasteiger partial charge >= 0.3 is 0 Å². The zero-order valence-electron chi connectivity index (χ0n) is 8.08. The number of rotatable bonds is 2. The van der Waals surface area contributed by atoms with Gasteiger partial charge in [-0.3, -0.25) is 4.79 Å². The lowest BCUT2D eigenvalue weighted by Crippen LogP contribution is -1.99. The van der Waals surface area contributed by atoms with Gasteiger partial charge in [-0.15, -0.1) is 10.2 Å². The third-order valence-corrected chi connectivity index (χ3v) is 1.91. The zero-order valence-corrected chi connectivity index (χ0v) is 8.08. The molecule has 0 aliphatic heterocycles. The molecule has 74 valence electrons. The summed E-state index contributed by atoms with van der Waals surface area (Å²) in [6.07, 6.45) is 3.17. The zero-order chi connectivity index (χ0) is 10.7. The SMILES string of the molecule is CC(=O)c1ccc(-c2ccnnc2)nn1. The highest BCUT2D eigenvalue weighted by molar-refractivity contribution is 5.92. The Kier molecular flexibility index (Phi) is 2.45. The summed E-state index contributed by atoms with van der Waals surface area (Å²) in [5.74, 6) is -0.0955. The fourth-order valence-corrected chi connectivity index (χ4v) is 1.12. The number of carbonyl (C=O) groups excluding carboxylic acids is 1. The van der Waals surface area contributed by atoms with Gasteiger partial charge in [-0.1, -0.05) is 0 Å². The summed E-state index contributed by atoms with van der Waals surface area (Å²) in [5, 5.41) is 15.1. The molecule has 0 fully saturated rings. The monoisotopic (exact) mass is 200 g/mol. The van der Waals surface area contributed by atoms with Crippen molar-refractivity contribution < 1.29 is 4.79 Å². The highest BCUT2D eigenvalue weighted by Crippen LogP contribution is 2.13. The van der Waals surface area contributed by atoms with E-state index in [0.717, 1.165) is 5.56 Å². The Balaban J connectivity index is 2.36. The average molecular weight is 200 g/mol. The normalized spacial score (nSPS) is 9.93. The van der Waals surface area contributed by atoms with E-state index in [0.29, 0.717) is 11.4 Å². The second kappa shape index (κ2) is 3.91. The van der Waals surface area contributed by atoms with Gasteiger partial charge in [0.2, 0.25) is 0 Å². The first-order valence-corrected chi connectivity index (χ1v) is 4.39. The molecule has 5 nitrogen and oxygen atoms in total. The number of hydrogen-bond acceptors (Lipinski definition) is 5. The van der Waals surface area contributed by atoms with Crippen LogP contribution < -0.4 is 0 Å². The fourth-order valence-electron chi connectivity index (χ4n) is 1.12. The number of ketones is 1. The van der Waals surface area contributed by atoms with Crippen LogP contribution in [0.15, 0.2) is 30.6 Å². The Labute approximate surface area is 86.2 Å². The average Bonchev–Trinajstić information content (AvgIpc) is 2.30. The number of hydrogen-bond donors (Lipinski definition) is 0. The maximum absolute atomic E-state index is 11.0. The number of nitrogens with zero attached hydrogens (tertiary/aromatic N) is 4. The molecule has 0 unspecified atom stereocenters. The molecule has 0 N–H and O–H groups in total. The molecule has 0 atom stereocenters. The molecule has 2 aromatic rings. The van der Waals surface area contributed by atoms with Gasteiger partial charge in [-0.05, 0) is 18.2 Å². The number of Topliss-reactive ketones (excluding diaryl/α,β-unsaturated/α-hetero) is 1. The van der Waals surface area contributed by atoms with Crippen molar-refractivity contribution in [3.05, 3.63) is 36.3 Å². The first-order chi connectivity index (χ1) is 7.27. The van der Waals surface area contributed by atoms with Crippen molar-refractivity contribution >= 4 is 5.78 Å². The van der Waals surface area contributed by atoms with E-state index >= 15 is 0 Å². The molecule has 0 aromatic carbocycles. The largest absolute Gasteiger partial charge is 0.293 e. The van der Waals surface area contributed by atoms with Crippen LogP contribution in [0.2, 0.25) is 0 Å². The van der Waals surface area contributed by atoms with Gasteiger partial charge in [-0.2, -0.15) is 10.2 Å². The van der Waals surface area contributed by atoms with Crippen molar-refractivity contribution in [3.63, 3.8) is 0 Å². The van der Waals surface area contributed by atoms with Crippen molar-refractivity contribution in [2.24, 2.45) is 0 Å². The minimum atomic E-state index is -0.0955. The summed E-state index contributed by atoms with van der Waals surface area (Å²) < 4.78 is 0. The summed E-state index contributed by atoms with van der Waals surface area (Å²) in [4.78, 5) is 11.0. The molecule has 2 heterocycles. The summed E-state index contributed by atoms with van der Waals surface area (Å²) in [7, 11) is 0. The predicted octanol–water partition coefficient (Wildman–Crippen LogP) is 1.14. The summed E-state index contributed by atoms with van der Waals surface area (Å²) >= 11 is 0. The van der Waals surface area contributed by atoms with Crippen LogP contribution in [0.25, 0.3) is 11.3 Å². The Hall–Kier alpha value is -2.17. The predicted molar refractivity (Wildman–Crippen MR) is 53.1 cm³/mol. The highest BCUT2D eigenvalue weighted by Gasteiger charge is 2.03. The second-order valence-electron chi connectivity index (χ2n) is 2.99. The minimum Gasteiger partial charge on any atom is -0.293 e. The molecule has 5 heteroatoms. The van der Waals surface area contributed by atoms with E-state index in [4.69, 9.17) is 0 Å². The molecule has 0 bridgehead atoms. The minimum absolute atomic E-state index is 0.0955. The molecule has 0 aliphatic rings. The summed E-state index contributed by atoms with van der Waals surface area (Å²) in [6, 6.07) is 5.16. The third kappa shape index (κ3) is 2.01. The smallest absolute Gasteiger partial charge is 0.180 e. The molecule has 2 rings (SSSR count). The second-order valence-corrected chi connectivity index (χ2v) is 2.99. The van der Waals surface area contributed by atoms with Crippen molar-refractivity contribution in [2.45, 2.75) is 6.92 Å².